The number of hydrogen-bond acceptors (Lipinski definition) is 1. The van der Waals surface area contributed by atoms with Crippen LogP contribution in [0.4, 0.5) is 0 Å². The van der Waals surface area contributed by atoms with Crippen molar-refractivity contribution in [1.29, 1.82) is 0 Å². The highest BCUT2D eigenvalue weighted by atomic mass is 127. The molecule has 1 fully saturated rings. The van der Waals surface area contributed by atoms with Crippen LogP contribution in [0.15, 0.2) is 37.7 Å². The number of allylic oxidation sites excluding steroid dienone is 2. The van der Waals surface area contributed by atoms with Gasteiger partial charge in [0.05, 0.1) is 20.7 Å². The highest BCUT2D eigenvalue weighted by Crippen LogP contribution is 2.37. The zero-order valence-corrected chi connectivity index (χ0v) is 14.6. The lowest BCUT2D eigenvalue weighted by atomic mass is 9.97. The van der Waals surface area contributed by atoms with Crippen LogP contribution in [0.2, 0.25) is 0 Å². The van der Waals surface area contributed by atoms with E-state index in [0.717, 1.165) is 6.61 Å². The lowest BCUT2D eigenvalue weighted by Gasteiger charge is -2.15. The van der Waals surface area contributed by atoms with Crippen molar-refractivity contribution < 1.29 is 33.3 Å². The van der Waals surface area contributed by atoms with Gasteiger partial charge in [-0.2, -0.15) is 0 Å². The van der Waals surface area contributed by atoms with E-state index in [0.29, 0.717) is 24.4 Å². The van der Waals surface area contributed by atoms with Crippen LogP contribution in [0.25, 0.3) is 0 Å². The molecule has 0 saturated heterocycles. The Labute approximate surface area is 139 Å². The van der Waals surface area contributed by atoms with Gasteiger partial charge in [-0.25, -0.2) is 9.13 Å². The number of aryl methyl sites for hydroxylation is 2. The van der Waals surface area contributed by atoms with E-state index in [1.807, 2.05) is 0 Å². The Balaban J connectivity index is 0.00000200. The average molecular weight is 388 g/mol. The van der Waals surface area contributed by atoms with Gasteiger partial charge in [-0.3, -0.25) is 0 Å². The summed E-state index contributed by atoms with van der Waals surface area (Å²) in [4.78, 5) is 0. The van der Waals surface area contributed by atoms with Gasteiger partial charge in [0.15, 0.2) is 0 Å². The van der Waals surface area contributed by atoms with Crippen LogP contribution in [-0.2, 0) is 25.4 Å². The fraction of sp³-hybridized carbons (Fsp3) is 0.562. The Hall–Kier alpha value is -0.620. The zero-order chi connectivity index (χ0) is 13.8. The summed E-state index contributed by atoms with van der Waals surface area (Å²) >= 11 is 0. The SMILES string of the molecule is C=CC1CC(C=C)C(COCc2n(C)cc[n+]2C)C1.[I-]. The molecule has 2 rings (SSSR count). The minimum Gasteiger partial charge on any atom is -1.00 e. The standard InChI is InChI=1S/C16H25N2O.HI/c1-5-13-9-14(6-2)15(10-13)11-19-12-16-17(3)7-8-18(16)4;/h5-8,13-15H,1-2,9-12H2,3-4H3;1H/q+1;/p-1. The fourth-order valence-electron chi connectivity index (χ4n) is 3.00. The molecule has 3 nitrogen and oxygen atoms in total. The quantitative estimate of drug-likeness (QED) is 0.361. The molecular formula is C16H25IN2O. The van der Waals surface area contributed by atoms with Gasteiger partial charge >= 0.3 is 0 Å². The molecule has 0 aromatic carbocycles. The minimum atomic E-state index is 0. The predicted octanol–water partition coefficient (Wildman–Crippen LogP) is -0.615. The first-order valence-corrected chi connectivity index (χ1v) is 6.98. The molecule has 3 atom stereocenters. The molecule has 20 heavy (non-hydrogen) atoms. The smallest absolute Gasteiger partial charge is 0.282 e. The molecule has 0 spiro atoms. The van der Waals surface area contributed by atoms with Crippen LogP contribution in [0, 0.1) is 17.8 Å². The van der Waals surface area contributed by atoms with E-state index >= 15 is 0 Å². The summed E-state index contributed by atoms with van der Waals surface area (Å²) in [6.45, 7) is 9.34. The molecule has 1 aromatic heterocycles. The Kier molecular flexibility index (Phi) is 6.95. The molecule has 112 valence electrons. The number of nitrogens with zero attached hydrogens (tertiary/aromatic N) is 2. The second-order valence-electron chi connectivity index (χ2n) is 5.58. The average Bonchev–Trinajstić information content (AvgIpc) is 2.96. The molecule has 0 radical (unpaired) electrons. The number of rotatable bonds is 6. The summed E-state index contributed by atoms with van der Waals surface area (Å²) in [5.74, 6) is 2.98. The Morgan fingerprint density at radius 3 is 2.70 bits per heavy atom. The fourth-order valence-corrected chi connectivity index (χ4v) is 3.00. The van der Waals surface area contributed by atoms with Crippen molar-refractivity contribution >= 4 is 0 Å². The summed E-state index contributed by atoms with van der Waals surface area (Å²) in [6.07, 6.45) is 10.6. The first kappa shape index (κ1) is 17.4. The summed E-state index contributed by atoms with van der Waals surface area (Å²) in [5.41, 5.74) is 0. The number of imidazole rings is 1. The third-order valence-corrected chi connectivity index (χ3v) is 4.31. The highest BCUT2D eigenvalue weighted by Gasteiger charge is 2.31. The first-order valence-electron chi connectivity index (χ1n) is 6.98. The van der Waals surface area contributed by atoms with Gasteiger partial charge in [0.1, 0.15) is 19.0 Å². The van der Waals surface area contributed by atoms with Crippen LogP contribution in [0.5, 0.6) is 0 Å². The van der Waals surface area contributed by atoms with Gasteiger partial charge in [0.2, 0.25) is 0 Å². The maximum atomic E-state index is 5.92. The van der Waals surface area contributed by atoms with Gasteiger partial charge in [-0.05, 0) is 30.6 Å². The van der Waals surface area contributed by atoms with Crippen molar-refractivity contribution in [2.24, 2.45) is 31.8 Å². The summed E-state index contributed by atoms with van der Waals surface area (Å²) in [6, 6.07) is 0. The van der Waals surface area contributed by atoms with Gasteiger partial charge in [-0.1, -0.05) is 12.2 Å². The van der Waals surface area contributed by atoms with Gasteiger partial charge < -0.3 is 28.7 Å². The third kappa shape index (κ3) is 3.95. The van der Waals surface area contributed by atoms with E-state index in [2.05, 4.69) is 60.9 Å². The van der Waals surface area contributed by atoms with Crippen LogP contribution in [-0.4, -0.2) is 11.2 Å². The lowest BCUT2D eigenvalue weighted by Crippen LogP contribution is -3.00. The van der Waals surface area contributed by atoms with Gasteiger partial charge in [-0.15, -0.1) is 13.2 Å². The molecule has 0 aliphatic heterocycles. The largest absolute Gasteiger partial charge is 1.00 e. The predicted molar refractivity (Wildman–Crippen MR) is 76.3 cm³/mol. The molecule has 0 amide bonds. The monoisotopic (exact) mass is 388 g/mol. The van der Waals surface area contributed by atoms with E-state index in [9.17, 15) is 0 Å². The maximum absolute atomic E-state index is 5.92. The molecule has 1 aliphatic carbocycles. The number of aromatic nitrogens is 2. The Morgan fingerprint density at radius 2 is 2.15 bits per heavy atom. The van der Waals surface area contributed by atoms with E-state index in [1.54, 1.807) is 0 Å². The summed E-state index contributed by atoms with van der Waals surface area (Å²) < 4.78 is 10.1. The second-order valence-corrected chi connectivity index (χ2v) is 5.58. The molecule has 1 aliphatic rings. The molecular weight excluding hydrogens is 363 g/mol. The highest BCUT2D eigenvalue weighted by molar-refractivity contribution is 4.98. The van der Waals surface area contributed by atoms with E-state index in [-0.39, 0.29) is 24.0 Å². The summed E-state index contributed by atoms with van der Waals surface area (Å²) in [5, 5.41) is 0. The molecule has 1 heterocycles. The van der Waals surface area contributed by atoms with Crippen LogP contribution in [0.3, 0.4) is 0 Å². The number of hydrogen-bond donors (Lipinski definition) is 0. The Morgan fingerprint density at radius 1 is 1.40 bits per heavy atom. The topological polar surface area (TPSA) is 18.0 Å². The molecule has 3 unspecified atom stereocenters. The second kappa shape index (κ2) is 7.98. The maximum Gasteiger partial charge on any atom is 0.282 e. The van der Waals surface area contributed by atoms with Crippen molar-refractivity contribution in [3.63, 3.8) is 0 Å². The van der Waals surface area contributed by atoms with Crippen molar-refractivity contribution in [2.45, 2.75) is 19.4 Å². The van der Waals surface area contributed by atoms with E-state index in [4.69, 9.17) is 4.74 Å². The molecule has 0 bridgehead atoms. The number of halogens is 1. The van der Waals surface area contributed by atoms with E-state index < -0.39 is 0 Å². The molecule has 0 N–H and O–H groups in total. The van der Waals surface area contributed by atoms with Crippen LogP contribution >= 0.6 is 0 Å². The van der Waals surface area contributed by atoms with Gasteiger partial charge in [0, 0.05) is 0 Å². The van der Waals surface area contributed by atoms with Crippen molar-refractivity contribution in [3.8, 4) is 0 Å². The summed E-state index contributed by atoms with van der Waals surface area (Å²) in [7, 11) is 4.10. The third-order valence-electron chi connectivity index (χ3n) is 4.31. The zero-order valence-electron chi connectivity index (χ0n) is 12.5. The van der Waals surface area contributed by atoms with Crippen molar-refractivity contribution in [1.82, 2.24) is 4.57 Å². The molecule has 1 aromatic rings. The van der Waals surface area contributed by atoms with Crippen LogP contribution in [0.1, 0.15) is 18.7 Å². The molecule has 4 heteroatoms. The molecule has 1 saturated carbocycles. The van der Waals surface area contributed by atoms with E-state index in [1.165, 1.54) is 18.7 Å². The van der Waals surface area contributed by atoms with Crippen molar-refractivity contribution in [2.75, 3.05) is 6.61 Å². The number of ether oxygens (including phenoxy) is 1. The first-order chi connectivity index (χ1) is 9.15. The van der Waals surface area contributed by atoms with Crippen LogP contribution < -0.4 is 28.5 Å². The minimum absolute atomic E-state index is 0. The lowest BCUT2D eigenvalue weighted by molar-refractivity contribution is -0.680. The van der Waals surface area contributed by atoms with Crippen molar-refractivity contribution in [3.05, 3.63) is 43.5 Å². The normalized spacial score (nSPS) is 25.2. The van der Waals surface area contributed by atoms with Gasteiger partial charge in [0.25, 0.3) is 5.82 Å². The Bertz CT molecular complexity index is 436.